The lowest BCUT2D eigenvalue weighted by Crippen LogP contribution is -2.38. The molecule has 0 radical (unpaired) electrons. The molecule has 1 saturated heterocycles. The van der Waals surface area contributed by atoms with E-state index in [0.29, 0.717) is 47.7 Å². The van der Waals surface area contributed by atoms with Gasteiger partial charge in [0.15, 0.2) is 5.82 Å². The maximum atomic E-state index is 14.4. The Hall–Kier alpha value is -3.43. The fraction of sp³-hybridized carbons (Fsp3) is 0.429. The number of aromatic nitrogens is 6. The van der Waals surface area contributed by atoms with E-state index in [1.807, 2.05) is 0 Å². The van der Waals surface area contributed by atoms with Crippen LogP contribution in [0, 0.1) is 25.6 Å². The fourth-order valence-electron chi connectivity index (χ4n) is 3.73. The molecule has 0 spiro atoms. The molecule has 0 N–H and O–H groups in total. The van der Waals surface area contributed by atoms with E-state index >= 15 is 0 Å². The fourth-order valence-corrected chi connectivity index (χ4v) is 3.73. The highest BCUT2D eigenvalue weighted by Gasteiger charge is 2.23. The molecule has 0 bridgehead atoms. The minimum Gasteiger partial charge on any atom is -0.426 e. The number of likely N-dealkylation sites (tertiary alicyclic amines) is 1. The molecule has 1 amide bonds. The topological polar surface area (TPSA) is 103 Å². The summed E-state index contributed by atoms with van der Waals surface area (Å²) in [6.45, 7) is 5.07. The third kappa shape index (κ3) is 5.19. The minimum atomic E-state index is -0.396. The molecule has 31 heavy (non-hydrogen) atoms. The third-order valence-corrected chi connectivity index (χ3v) is 5.36. The lowest BCUT2D eigenvalue weighted by molar-refractivity contribution is -0.127. The van der Waals surface area contributed by atoms with Crippen molar-refractivity contribution in [2.45, 2.75) is 39.7 Å². The summed E-state index contributed by atoms with van der Waals surface area (Å²) in [5, 5.41) is 19.8. The van der Waals surface area contributed by atoms with Crippen molar-refractivity contribution in [2.24, 2.45) is 5.92 Å². The quantitative estimate of drug-likeness (QED) is 0.559. The Bertz CT molecular complexity index is 1080. The van der Waals surface area contributed by atoms with Gasteiger partial charge in [-0.15, -0.1) is 20.4 Å². The van der Waals surface area contributed by atoms with Crippen molar-refractivity contribution in [1.29, 1.82) is 0 Å². The maximum absolute atomic E-state index is 14.4. The van der Waals surface area contributed by atoms with Gasteiger partial charge in [0, 0.05) is 38.1 Å². The van der Waals surface area contributed by atoms with E-state index in [-0.39, 0.29) is 12.5 Å². The number of piperidine rings is 1. The maximum Gasteiger partial charge on any atom is 0.246 e. The first-order chi connectivity index (χ1) is 15.0. The number of nitrogens with zero attached hydrogens (tertiary/aromatic N) is 7. The van der Waals surface area contributed by atoms with Crippen LogP contribution in [0.2, 0.25) is 0 Å². The molecular formula is C21H24FN7O2. The van der Waals surface area contributed by atoms with Gasteiger partial charge in [-0.05, 0) is 48.6 Å². The number of hydrogen-bond acceptors (Lipinski definition) is 7. The lowest BCUT2D eigenvalue weighted by atomic mass is 9.93. The molecule has 3 aromatic rings. The van der Waals surface area contributed by atoms with Crippen LogP contribution in [0.15, 0.2) is 28.7 Å². The Morgan fingerprint density at radius 1 is 1.23 bits per heavy atom. The van der Waals surface area contributed by atoms with E-state index in [1.165, 1.54) is 23.0 Å². The molecule has 2 aromatic heterocycles. The molecule has 9 nitrogen and oxygen atoms in total. The van der Waals surface area contributed by atoms with Gasteiger partial charge in [0.1, 0.15) is 5.82 Å². The molecule has 1 aromatic carbocycles. The van der Waals surface area contributed by atoms with Crippen molar-refractivity contribution in [1.82, 2.24) is 35.3 Å². The second kappa shape index (κ2) is 9.15. The number of hydrogen-bond donors (Lipinski definition) is 0. The molecule has 1 aliphatic heterocycles. The van der Waals surface area contributed by atoms with Crippen LogP contribution in [0.5, 0.6) is 0 Å². The summed E-state index contributed by atoms with van der Waals surface area (Å²) in [4.78, 5) is 15.8. The number of benzene rings is 1. The molecule has 1 fully saturated rings. The molecule has 162 valence electrons. The Balaban J connectivity index is 1.37. The summed E-state index contributed by atoms with van der Waals surface area (Å²) < 4.78 is 19.9. The molecule has 0 saturated carbocycles. The summed E-state index contributed by atoms with van der Waals surface area (Å²) in [6.07, 6.45) is 5.42. The Kier molecular flexibility index (Phi) is 6.15. The van der Waals surface area contributed by atoms with Crippen LogP contribution >= 0.6 is 0 Å². The first-order valence-electron chi connectivity index (χ1n) is 10.3. The van der Waals surface area contributed by atoms with Gasteiger partial charge in [-0.2, -0.15) is 4.80 Å². The van der Waals surface area contributed by atoms with Crippen LogP contribution in [-0.2, 0) is 17.8 Å². The number of carbonyl (C=O) groups excluding carboxylic acids is 1. The highest BCUT2D eigenvalue weighted by Crippen LogP contribution is 2.22. The standard InChI is InChI=1S/C21H24FN7O2/c1-14-23-27-29(26-14)13-17-4-3-5-19(22)18(17)6-7-21(30)28-10-8-16(9-11-28)12-20-25-24-15(2)31-20/h3-7,16H,8-13H2,1-2H3/b7-6+. The van der Waals surface area contributed by atoms with Crippen molar-refractivity contribution in [3.8, 4) is 0 Å². The van der Waals surface area contributed by atoms with Gasteiger partial charge < -0.3 is 9.32 Å². The van der Waals surface area contributed by atoms with E-state index in [9.17, 15) is 9.18 Å². The number of tetrazole rings is 1. The highest BCUT2D eigenvalue weighted by molar-refractivity contribution is 5.92. The Labute approximate surface area is 179 Å². The zero-order chi connectivity index (χ0) is 21.8. The van der Waals surface area contributed by atoms with Gasteiger partial charge in [0.2, 0.25) is 17.7 Å². The summed E-state index contributed by atoms with van der Waals surface area (Å²) in [5.74, 6) is 1.63. The summed E-state index contributed by atoms with van der Waals surface area (Å²) in [6, 6.07) is 4.79. The Morgan fingerprint density at radius 3 is 2.71 bits per heavy atom. The van der Waals surface area contributed by atoms with Crippen molar-refractivity contribution < 1.29 is 13.6 Å². The van der Waals surface area contributed by atoms with Crippen LogP contribution < -0.4 is 0 Å². The lowest BCUT2D eigenvalue weighted by Gasteiger charge is -2.30. The number of rotatable bonds is 6. The SMILES string of the molecule is Cc1nnn(Cc2cccc(F)c2/C=C/C(=O)N2CCC(Cc3nnc(C)o3)CC2)n1. The van der Waals surface area contributed by atoms with Crippen molar-refractivity contribution >= 4 is 12.0 Å². The van der Waals surface area contributed by atoms with Crippen LogP contribution in [0.25, 0.3) is 6.08 Å². The first kappa shape index (κ1) is 20.8. The molecule has 4 rings (SSSR count). The largest absolute Gasteiger partial charge is 0.426 e. The van der Waals surface area contributed by atoms with E-state index < -0.39 is 5.82 Å². The highest BCUT2D eigenvalue weighted by atomic mass is 19.1. The first-order valence-corrected chi connectivity index (χ1v) is 10.3. The van der Waals surface area contributed by atoms with E-state index in [4.69, 9.17) is 4.42 Å². The number of aryl methyl sites for hydroxylation is 2. The van der Waals surface area contributed by atoms with Gasteiger partial charge >= 0.3 is 0 Å². The van der Waals surface area contributed by atoms with E-state index in [2.05, 4.69) is 25.6 Å². The predicted molar refractivity (Wildman–Crippen MR) is 109 cm³/mol. The van der Waals surface area contributed by atoms with Crippen molar-refractivity contribution in [2.75, 3.05) is 13.1 Å². The van der Waals surface area contributed by atoms with Gasteiger partial charge in [0.05, 0.1) is 6.54 Å². The van der Waals surface area contributed by atoms with Crippen LogP contribution in [0.4, 0.5) is 4.39 Å². The summed E-state index contributed by atoms with van der Waals surface area (Å²) in [5.41, 5.74) is 1.03. The molecule has 1 aliphatic rings. The molecular weight excluding hydrogens is 401 g/mol. The predicted octanol–water partition coefficient (Wildman–Crippen LogP) is 2.35. The summed E-state index contributed by atoms with van der Waals surface area (Å²) >= 11 is 0. The summed E-state index contributed by atoms with van der Waals surface area (Å²) in [7, 11) is 0. The molecule has 10 heteroatoms. The van der Waals surface area contributed by atoms with Crippen molar-refractivity contribution in [3.05, 3.63) is 58.8 Å². The smallest absolute Gasteiger partial charge is 0.246 e. The van der Waals surface area contributed by atoms with Crippen LogP contribution in [0.1, 0.15) is 41.6 Å². The zero-order valence-electron chi connectivity index (χ0n) is 17.5. The minimum absolute atomic E-state index is 0.129. The molecule has 0 aliphatic carbocycles. The van der Waals surface area contributed by atoms with Gasteiger partial charge in [0.25, 0.3) is 0 Å². The van der Waals surface area contributed by atoms with E-state index in [0.717, 1.165) is 19.3 Å². The van der Waals surface area contributed by atoms with Gasteiger partial charge in [-0.25, -0.2) is 4.39 Å². The number of halogens is 1. The zero-order valence-corrected chi connectivity index (χ0v) is 17.5. The Morgan fingerprint density at radius 2 is 2.03 bits per heavy atom. The third-order valence-electron chi connectivity index (χ3n) is 5.36. The second-order valence-electron chi connectivity index (χ2n) is 7.70. The molecule has 0 atom stereocenters. The average Bonchev–Trinajstić information content (AvgIpc) is 3.35. The van der Waals surface area contributed by atoms with Crippen LogP contribution in [-0.4, -0.2) is 54.3 Å². The van der Waals surface area contributed by atoms with E-state index in [1.54, 1.807) is 30.9 Å². The molecule has 0 unspecified atom stereocenters. The second-order valence-corrected chi connectivity index (χ2v) is 7.70. The van der Waals surface area contributed by atoms with Crippen molar-refractivity contribution in [3.63, 3.8) is 0 Å². The van der Waals surface area contributed by atoms with Gasteiger partial charge in [-0.3, -0.25) is 4.79 Å². The van der Waals surface area contributed by atoms with Gasteiger partial charge in [-0.1, -0.05) is 12.1 Å². The van der Waals surface area contributed by atoms with Crippen LogP contribution in [0.3, 0.4) is 0 Å². The normalized spacial score (nSPS) is 15.1. The molecule has 3 heterocycles. The average molecular weight is 425 g/mol. The number of carbonyl (C=O) groups is 1. The monoisotopic (exact) mass is 425 g/mol. The number of amides is 1.